The molecule has 4 rings (SSSR count). The van der Waals surface area contributed by atoms with Crippen LogP contribution in [0.1, 0.15) is 26.3 Å². The SMILES string of the molecule is CCNC(=O)COc1ccc(C2=CC=CC3C(=O)N4C(=C23)SC(=O)C4C(C)C)cc1I. The summed E-state index contributed by atoms with van der Waals surface area (Å²) in [5, 5.41) is 3.50. The fraction of sp³-hybridized carbons (Fsp3) is 0.348. The van der Waals surface area contributed by atoms with Crippen molar-refractivity contribution in [3.05, 3.63) is 56.2 Å². The number of thioether (sulfide) groups is 1. The molecule has 3 aliphatic rings. The third-order valence-corrected chi connectivity index (χ3v) is 7.34. The molecule has 2 aliphatic heterocycles. The van der Waals surface area contributed by atoms with Gasteiger partial charge in [0.05, 0.1) is 14.5 Å². The highest BCUT2D eigenvalue weighted by Crippen LogP contribution is 2.51. The van der Waals surface area contributed by atoms with Crippen LogP contribution in [0, 0.1) is 15.4 Å². The number of halogens is 1. The highest BCUT2D eigenvalue weighted by molar-refractivity contribution is 14.1. The quantitative estimate of drug-likeness (QED) is 0.547. The van der Waals surface area contributed by atoms with Gasteiger partial charge in [0.25, 0.3) is 5.91 Å². The van der Waals surface area contributed by atoms with Gasteiger partial charge in [-0.25, -0.2) is 0 Å². The van der Waals surface area contributed by atoms with Crippen LogP contribution < -0.4 is 10.1 Å². The Kier molecular flexibility index (Phi) is 6.30. The van der Waals surface area contributed by atoms with Gasteiger partial charge in [0.2, 0.25) is 11.0 Å². The summed E-state index contributed by atoms with van der Waals surface area (Å²) < 4.78 is 6.51. The van der Waals surface area contributed by atoms with Gasteiger partial charge in [-0.1, -0.05) is 38.1 Å². The third-order valence-electron chi connectivity index (χ3n) is 5.44. The molecule has 162 valence electrons. The Bertz CT molecular complexity index is 1060. The Morgan fingerprint density at radius 3 is 2.77 bits per heavy atom. The van der Waals surface area contributed by atoms with E-state index in [-0.39, 0.29) is 35.4 Å². The van der Waals surface area contributed by atoms with Gasteiger partial charge in [0, 0.05) is 12.1 Å². The van der Waals surface area contributed by atoms with Gasteiger partial charge in [0.15, 0.2) is 6.61 Å². The molecule has 1 N–H and O–H groups in total. The first-order valence-corrected chi connectivity index (χ1v) is 12.1. The number of ether oxygens (including phenoxy) is 1. The molecule has 0 bridgehead atoms. The van der Waals surface area contributed by atoms with Gasteiger partial charge in [0.1, 0.15) is 11.8 Å². The van der Waals surface area contributed by atoms with Crippen LogP contribution in [-0.4, -0.2) is 41.0 Å². The van der Waals surface area contributed by atoms with E-state index in [0.717, 1.165) is 25.3 Å². The van der Waals surface area contributed by atoms with Crippen molar-refractivity contribution in [1.82, 2.24) is 10.2 Å². The molecule has 31 heavy (non-hydrogen) atoms. The molecule has 0 spiro atoms. The van der Waals surface area contributed by atoms with Crippen LogP contribution >= 0.6 is 34.4 Å². The predicted molar refractivity (Wildman–Crippen MR) is 129 cm³/mol. The van der Waals surface area contributed by atoms with Crippen LogP contribution in [0.25, 0.3) is 5.57 Å². The largest absolute Gasteiger partial charge is 0.483 e. The average Bonchev–Trinajstić information content (AvgIpc) is 3.21. The number of likely N-dealkylation sites (N-methyl/N-ethyl adjacent to an activating group) is 1. The van der Waals surface area contributed by atoms with Crippen molar-refractivity contribution in [3.63, 3.8) is 0 Å². The van der Waals surface area contributed by atoms with Crippen LogP contribution in [-0.2, 0) is 14.4 Å². The van der Waals surface area contributed by atoms with E-state index in [2.05, 4.69) is 27.9 Å². The third kappa shape index (κ3) is 3.95. The zero-order chi connectivity index (χ0) is 22.3. The fourth-order valence-corrected chi connectivity index (χ4v) is 6.09. The standard InChI is InChI=1S/C23H23IN2O4S/c1-4-25-18(27)11-30-17-9-8-13(10-16(17)24)14-6-5-7-15-19(14)22-26(21(15)28)20(12(2)3)23(29)31-22/h5-10,12,15,20H,4,11H2,1-3H3,(H,25,27). The molecule has 0 saturated carbocycles. The molecule has 2 unspecified atom stereocenters. The van der Waals surface area contributed by atoms with E-state index >= 15 is 0 Å². The first-order valence-electron chi connectivity index (χ1n) is 10.2. The number of fused-ring (bicyclic) bond motifs is 2. The molecule has 1 fully saturated rings. The maximum absolute atomic E-state index is 13.2. The summed E-state index contributed by atoms with van der Waals surface area (Å²) in [4.78, 5) is 39.2. The zero-order valence-corrected chi connectivity index (χ0v) is 20.5. The smallest absolute Gasteiger partial charge is 0.257 e. The number of rotatable bonds is 6. The number of allylic oxidation sites excluding steroid dienone is 3. The number of carbonyl (C=O) groups excluding carboxylic acids is 3. The van der Waals surface area contributed by atoms with E-state index in [0.29, 0.717) is 12.3 Å². The molecular weight excluding hydrogens is 527 g/mol. The van der Waals surface area contributed by atoms with Crippen molar-refractivity contribution in [3.8, 4) is 5.75 Å². The second-order valence-corrected chi connectivity index (χ2v) is 10.0. The lowest BCUT2D eigenvalue weighted by Gasteiger charge is -2.23. The van der Waals surface area contributed by atoms with Gasteiger partial charge < -0.3 is 10.1 Å². The Balaban J connectivity index is 1.65. The molecule has 6 nitrogen and oxygen atoms in total. The van der Waals surface area contributed by atoms with Gasteiger partial charge in [-0.3, -0.25) is 19.3 Å². The minimum Gasteiger partial charge on any atom is -0.483 e. The molecule has 1 saturated heterocycles. The second kappa shape index (κ2) is 8.82. The molecule has 8 heteroatoms. The van der Waals surface area contributed by atoms with Gasteiger partial charge >= 0.3 is 0 Å². The summed E-state index contributed by atoms with van der Waals surface area (Å²) in [6.45, 7) is 6.33. The minimum atomic E-state index is -0.412. The maximum Gasteiger partial charge on any atom is 0.257 e. The molecule has 0 radical (unpaired) electrons. The monoisotopic (exact) mass is 550 g/mol. The molecule has 2 atom stereocenters. The molecule has 1 aromatic rings. The highest BCUT2D eigenvalue weighted by atomic mass is 127. The Morgan fingerprint density at radius 1 is 1.32 bits per heavy atom. The average molecular weight is 550 g/mol. The van der Waals surface area contributed by atoms with Gasteiger partial charge in [-0.15, -0.1) is 0 Å². The van der Waals surface area contributed by atoms with Crippen LogP contribution in [0.5, 0.6) is 5.75 Å². The summed E-state index contributed by atoms with van der Waals surface area (Å²) in [7, 11) is 0. The molecule has 1 aromatic carbocycles. The number of benzene rings is 1. The van der Waals surface area contributed by atoms with Crippen molar-refractivity contribution in [2.45, 2.75) is 26.8 Å². The lowest BCUT2D eigenvalue weighted by Crippen LogP contribution is -2.40. The van der Waals surface area contributed by atoms with E-state index in [1.807, 2.05) is 57.2 Å². The Labute approximate surface area is 199 Å². The van der Waals surface area contributed by atoms with E-state index in [9.17, 15) is 14.4 Å². The van der Waals surface area contributed by atoms with Crippen molar-refractivity contribution >= 4 is 56.9 Å². The number of carbonyl (C=O) groups is 3. The van der Waals surface area contributed by atoms with Gasteiger partial charge in [-0.05, 0) is 70.5 Å². The van der Waals surface area contributed by atoms with E-state index in [1.165, 1.54) is 11.8 Å². The predicted octanol–water partition coefficient (Wildman–Crippen LogP) is 3.73. The Morgan fingerprint density at radius 2 is 2.10 bits per heavy atom. The first kappa shape index (κ1) is 22.1. The highest BCUT2D eigenvalue weighted by Gasteiger charge is 2.52. The van der Waals surface area contributed by atoms with Crippen LogP contribution in [0.2, 0.25) is 0 Å². The number of hydrogen-bond donors (Lipinski definition) is 1. The topological polar surface area (TPSA) is 75.7 Å². The summed E-state index contributed by atoms with van der Waals surface area (Å²) in [6, 6.07) is 5.34. The number of nitrogens with zero attached hydrogens (tertiary/aromatic N) is 1. The lowest BCUT2D eigenvalue weighted by atomic mass is 9.86. The fourth-order valence-electron chi connectivity index (χ4n) is 4.08. The first-order chi connectivity index (χ1) is 14.8. The van der Waals surface area contributed by atoms with Crippen molar-refractivity contribution < 1.29 is 19.1 Å². The van der Waals surface area contributed by atoms with Crippen LogP contribution in [0.3, 0.4) is 0 Å². The summed E-state index contributed by atoms with van der Waals surface area (Å²) in [5.41, 5.74) is 2.79. The normalized spacial score (nSPS) is 22.1. The summed E-state index contributed by atoms with van der Waals surface area (Å²) in [6.07, 6.45) is 5.81. The molecule has 1 aliphatic carbocycles. The number of nitrogens with one attached hydrogen (secondary N) is 1. The second-order valence-electron chi connectivity index (χ2n) is 7.87. The van der Waals surface area contributed by atoms with E-state index in [4.69, 9.17) is 4.74 Å². The zero-order valence-electron chi connectivity index (χ0n) is 17.5. The van der Waals surface area contributed by atoms with Crippen molar-refractivity contribution in [2.75, 3.05) is 13.2 Å². The van der Waals surface area contributed by atoms with E-state index in [1.54, 1.807) is 4.90 Å². The lowest BCUT2D eigenvalue weighted by molar-refractivity contribution is -0.134. The summed E-state index contributed by atoms with van der Waals surface area (Å²) >= 11 is 3.37. The van der Waals surface area contributed by atoms with Gasteiger partial charge in [-0.2, -0.15) is 0 Å². The number of hydrogen-bond acceptors (Lipinski definition) is 5. The maximum atomic E-state index is 13.2. The van der Waals surface area contributed by atoms with Crippen molar-refractivity contribution in [1.29, 1.82) is 0 Å². The minimum absolute atomic E-state index is 0.0273. The molecule has 2 amide bonds. The van der Waals surface area contributed by atoms with Crippen molar-refractivity contribution in [2.24, 2.45) is 11.8 Å². The molecule has 0 aromatic heterocycles. The summed E-state index contributed by atoms with van der Waals surface area (Å²) in [5.74, 6) is 0.139. The number of amides is 2. The van der Waals surface area contributed by atoms with Crippen LogP contribution in [0.15, 0.2) is 47.0 Å². The van der Waals surface area contributed by atoms with E-state index < -0.39 is 6.04 Å². The molecular formula is C23H23IN2O4S. The molecule has 2 heterocycles. The Hall–Kier alpha value is -2.07. The van der Waals surface area contributed by atoms with Crippen LogP contribution in [0.4, 0.5) is 0 Å².